The number of carboxylic acids is 1. The Hall–Kier alpha value is -3.30. The van der Waals surface area contributed by atoms with Gasteiger partial charge in [0.25, 0.3) is 0 Å². The molecule has 4 nitrogen and oxygen atoms in total. The molecule has 0 bridgehead atoms. The van der Waals surface area contributed by atoms with Crippen LogP contribution in [0.2, 0.25) is 0 Å². The number of carbonyl (C=O) groups excluding carboxylic acids is 1. The highest BCUT2D eigenvalue weighted by atomic mass is 19.4. The molecule has 0 saturated heterocycles. The Morgan fingerprint density at radius 2 is 1.48 bits per heavy atom. The van der Waals surface area contributed by atoms with Gasteiger partial charge in [-0.25, -0.2) is 4.79 Å². The number of benzene rings is 2. The average Bonchev–Trinajstić information content (AvgIpc) is 2.66. The SMILES string of the molecule is O=C(Cc1cc(C(F)(F)F)cc(C(F)(F)F)c1)N[C@@H](C/C=C/c1ccccc1)C(=O)O. The lowest BCUT2D eigenvalue weighted by atomic mass is 10.0. The van der Waals surface area contributed by atoms with Gasteiger partial charge in [0.05, 0.1) is 17.5 Å². The summed E-state index contributed by atoms with van der Waals surface area (Å²) in [5.74, 6) is -2.42. The third-order valence-electron chi connectivity index (χ3n) is 4.13. The fraction of sp³-hybridized carbons (Fsp3) is 0.238. The summed E-state index contributed by atoms with van der Waals surface area (Å²) < 4.78 is 77.5. The minimum atomic E-state index is -5.04. The lowest BCUT2D eigenvalue weighted by molar-refractivity contribution is -0.143. The molecule has 166 valence electrons. The van der Waals surface area contributed by atoms with Gasteiger partial charge in [-0.1, -0.05) is 42.5 Å². The Kier molecular flexibility index (Phi) is 7.48. The van der Waals surface area contributed by atoms with Crippen LogP contribution in [0.4, 0.5) is 26.3 Å². The first-order valence-electron chi connectivity index (χ1n) is 8.88. The van der Waals surface area contributed by atoms with E-state index in [4.69, 9.17) is 0 Å². The van der Waals surface area contributed by atoms with Crippen LogP contribution in [0.5, 0.6) is 0 Å². The van der Waals surface area contributed by atoms with E-state index in [2.05, 4.69) is 5.32 Å². The third kappa shape index (κ3) is 7.47. The van der Waals surface area contributed by atoms with Gasteiger partial charge in [0, 0.05) is 0 Å². The molecule has 0 unspecified atom stereocenters. The van der Waals surface area contributed by atoms with Crippen LogP contribution in [0, 0.1) is 0 Å². The number of hydrogen-bond acceptors (Lipinski definition) is 2. The van der Waals surface area contributed by atoms with E-state index < -0.39 is 53.4 Å². The zero-order valence-corrected chi connectivity index (χ0v) is 15.8. The lowest BCUT2D eigenvalue weighted by Crippen LogP contribution is -2.41. The molecule has 2 aromatic carbocycles. The molecule has 31 heavy (non-hydrogen) atoms. The zero-order chi connectivity index (χ0) is 23.2. The summed E-state index contributed by atoms with van der Waals surface area (Å²) in [5, 5.41) is 11.4. The van der Waals surface area contributed by atoms with Crippen LogP contribution >= 0.6 is 0 Å². The normalized spacial score (nSPS) is 13.2. The van der Waals surface area contributed by atoms with Crippen molar-refractivity contribution >= 4 is 18.0 Å². The Labute approximate surface area is 173 Å². The van der Waals surface area contributed by atoms with Gasteiger partial charge in [-0.3, -0.25) is 4.79 Å². The standard InChI is InChI=1S/C21H17F6NO3/c22-20(23,24)15-9-14(10-16(12-15)21(25,26)27)11-18(29)28-17(19(30)31)8-4-7-13-5-2-1-3-6-13/h1-7,9-10,12,17H,8,11H2,(H,28,29)(H,30,31)/b7-4+/t17-/m0/s1. The number of nitrogens with one attached hydrogen (secondary N) is 1. The van der Waals surface area contributed by atoms with Gasteiger partial charge < -0.3 is 10.4 Å². The van der Waals surface area contributed by atoms with E-state index in [1.807, 2.05) is 0 Å². The molecule has 0 aliphatic heterocycles. The number of amides is 1. The number of carboxylic acid groups (broad SMARTS) is 1. The van der Waals surface area contributed by atoms with Gasteiger partial charge in [0.2, 0.25) is 5.91 Å². The summed E-state index contributed by atoms with van der Waals surface area (Å²) >= 11 is 0. The average molecular weight is 445 g/mol. The third-order valence-corrected chi connectivity index (χ3v) is 4.13. The highest BCUT2D eigenvalue weighted by Gasteiger charge is 2.37. The molecule has 0 radical (unpaired) electrons. The van der Waals surface area contributed by atoms with Crippen LogP contribution < -0.4 is 5.32 Å². The molecular formula is C21H17F6NO3. The maximum Gasteiger partial charge on any atom is 0.416 e. The number of rotatable bonds is 7. The van der Waals surface area contributed by atoms with Gasteiger partial charge in [-0.2, -0.15) is 26.3 Å². The van der Waals surface area contributed by atoms with Crippen molar-refractivity contribution in [1.82, 2.24) is 5.32 Å². The molecule has 0 heterocycles. The van der Waals surface area contributed by atoms with E-state index in [1.54, 1.807) is 36.4 Å². The number of alkyl halides is 6. The van der Waals surface area contributed by atoms with Crippen molar-refractivity contribution in [2.75, 3.05) is 0 Å². The first-order chi connectivity index (χ1) is 14.4. The lowest BCUT2D eigenvalue weighted by Gasteiger charge is -2.16. The molecular weight excluding hydrogens is 428 g/mol. The van der Waals surface area contributed by atoms with Gasteiger partial charge in [-0.15, -0.1) is 0 Å². The molecule has 1 atom stereocenters. The van der Waals surface area contributed by atoms with Crippen LogP contribution in [0.25, 0.3) is 6.08 Å². The smallest absolute Gasteiger partial charge is 0.416 e. The van der Waals surface area contributed by atoms with E-state index in [0.29, 0.717) is 12.1 Å². The maximum absolute atomic E-state index is 12.9. The summed E-state index contributed by atoms with van der Waals surface area (Å²) in [6.07, 6.45) is -7.97. The number of hydrogen-bond donors (Lipinski definition) is 2. The van der Waals surface area contributed by atoms with Crippen LogP contribution in [0.15, 0.2) is 54.6 Å². The van der Waals surface area contributed by atoms with E-state index in [1.165, 1.54) is 6.08 Å². The van der Waals surface area contributed by atoms with Crippen LogP contribution in [0.3, 0.4) is 0 Å². The highest BCUT2D eigenvalue weighted by molar-refractivity contribution is 5.85. The molecule has 10 heteroatoms. The van der Waals surface area contributed by atoms with Gasteiger partial charge in [-0.05, 0) is 35.7 Å². The molecule has 0 aliphatic carbocycles. The fourth-order valence-corrected chi connectivity index (χ4v) is 2.68. The summed E-state index contributed by atoms with van der Waals surface area (Å²) in [5.41, 5.74) is -2.86. The van der Waals surface area contributed by atoms with Crippen molar-refractivity contribution in [2.24, 2.45) is 0 Å². The fourth-order valence-electron chi connectivity index (χ4n) is 2.68. The molecule has 0 aromatic heterocycles. The molecule has 2 aromatic rings. The van der Waals surface area contributed by atoms with Crippen LogP contribution in [-0.2, 0) is 28.4 Å². The Balaban J connectivity index is 2.13. The monoisotopic (exact) mass is 445 g/mol. The predicted molar refractivity (Wildman–Crippen MR) is 99.8 cm³/mol. The second-order valence-electron chi connectivity index (χ2n) is 6.60. The maximum atomic E-state index is 12.9. The molecule has 0 spiro atoms. The topological polar surface area (TPSA) is 66.4 Å². The van der Waals surface area contributed by atoms with Crippen molar-refractivity contribution in [1.29, 1.82) is 0 Å². The van der Waals surface area contributed by atoms with E-state index >= 15 is 0 Å². The van der Waals surface area contributed by atoms with E-state index in [9.17, 15) is 41.0 Å². The summed E-state index contributed by atoms with van der Waals surface area (Å²) in [6.45, 7) is 0. The van der Waals surface area contributed by atoms with Crippen LogP contribution in [0.1, 0.15) is 28.7 Å². The number of carbonyl (C=O) groups is 2. The molecule has 2 rings (SSSR count). The summed E-state index contributed by atoms with van der Waals surface area (Å²) in [7, 11) is 0. The predicted octanol–water partition coefficient (Wildman–Crippen LogP) is 4.94. The minimum absolute atomic E-state index is 0.0458. The number of aliphatic carboxylic acids is 1. The first-order valence-corrected chi connectivity index (χ1v) is 8.88. The van der Waals surface area contributed by atoms with Crippen molar-refractivity contribution < 1.29 is 41.0 Å². The summed E-state index contributed by atoms with van der Waals surface area (Å²) in [6, 6.07) is 8.25. The Morgan fingerprint density at radius 1 is 0.935 bits per heavy atom. The number of halogens is 6. The molecule has 2 N–H and O–H groups in total. The van der Waals surface area contributed by atoms with Crippen molar-refractivity contribution in [3.8, 4) is 0 Å². The first kappa shape index (κ1) is 24.0. The van der Waals surface area contributed by atoms with Crippen molar-refractivity contribution in [3.63, 3.8) is 0 Å². The van der Waals surface area contributed by atoms with Crippen molar-refractivity contribution in [3.05, 3.63) is 76.9 Å². The minimum Gasteiger partial charge on any atom is -0.480 e. The quantitative estimate of drug-likeness (QED) is 0.594. The molecule has 0 fully saturated rings. The Bertz CT molecular complexity index is 920. The second-order valence-corrected chi connectivity index (χ2v) is 6.60. The Morgan fingerprint density at radius 3 is 1.97 bits per heavy atom. The second kappa shape index (κ2) is 9.67. The van der Waals surface area contributed by atoms with E-state index in [0.717, 1.165) is 5.56 Å². The zero-order valence-electron chi connectivity index (χ0n) is 15.8. The van der Waals surface area contributed by atoms with Gasteiger partial charge >= 0.3 is 18.3 Å². The summed E-state index contributed by atoms with van der Waals surface area (Å²) in [4.78, 5) is 23.5. The van der Waals surface area contributed by atoms with Crippen molar-refractivity contribution in [2.45, 2.75) is 31.2 Å². The van der Waals surface area contributed by atoms with Crippen LogP contribution in [-0.4, -0.2) is 23.0 Å². The molecule has 0 aliphatic rings. The van der Waals surface area contributed by atoms with Gasteiger partial charge in [0.1, 0.15) is 6.04 Å². The molecule has 1 amide bonds. The molecule has 0 saturated carbocycles. The van der Waals surface area contributed by atoms with E-state index in [-0.39, 0.29) is 12.5 Å². The van der Waals surface area contributed by atoms with Gasteiger partial charge in [0.15, 0.2) is 0 Å². The largest absolute Gasteiger partial charge is 0.480 e. The highest BCUT2D eigenvalue weighted by Crippen LogP contribution is 2.36.